The first-order valence-corrected chi connectivity index (χ1v) is 8.35. The molecular formula is C18H16Cl2F3NO2. The minimum absolute atomic E-state index is 0.0771. The number of alkyl halides is 3. The van der Waals surface area contributed by atoms with Crippen molar-refractivity contribution in [3.8, 4) is 5.75 Å². The zero-order chi connectivity index (χ0) is 19.6. The summed E-state index contributed by atoms with van der Waals surface area (Å²) in [6.07, 6.45) is -5.67. The number of halogens is 5. The molecule has 140 valence electrons. The molecule has 0 aromatic heterocycles. The lowest BCUT2D eigenvalue weighted by molar-refractivity contribution is -0.137. The van der Waals surface area contributed by atoms with Crippen molar-refractivity contribution >= 4 is 34.8 Å². The summed E-state index contributed by atoms with van der Waals surface area (Å²) >= 11 is 11.7. The molecule has 0 spiro atoms. The molecule has 0 saturated heterocycles. The van der Waals surface area contributed by atoms with Crippen molar-refractivity contribution < 1.29 is 22.7 Å². The minimum atomic E-state index is -4.65. The van der Waals surface area contributed by atoms with Gasteiger partial charge in [0, 0.05) is 10.0 Å². The van der Waals surface area contributed by atoms with Crippen LogP contribution in [0.3, 0.4) is 0 Å². The Balaban J connectivity index is 2.18. The fourth-order valence-electron chi connectivity index (χ4n) is 2.33. The van der Waals surface area contributed by atoms with Gasteiger partial charge in [0.05, 0.1) is 11.3 Å². The van der Waals surface area contributed by atoms with Crippen molar-refractivity contribution in [2.75, 3.05) is 5.32 Å². The van der Waals surface area contributed by atoms with Gasteiger partial charge in [0.2, 0.25) is 0 Å². The quantitative estimate of drug-likeness (QED) is 0.673. The predicted octanol–water partition coefficient (Wildman–Crippen LogP) is 6.04. The summed E-state index contributed by atoms with van der Waals surface area (Å²) in [7, 11) is 0. The summed E-state index contributed by atoms with van der Waals surface area (Å²) in [4.78, 5) is 12.3. The second-order valence-corrected chi connectivity index (χ2v) is 6.62. The van der Waals surface area contributed by atoms with Gasteiger partial charge in [-0.25, -0.2) is 0 Å². The number of hydrogen-bond donors (Lipinski definition) is 1. The molecule has 1 N–H and O–H groups in total. The number of ether oxygens (including phenoxy) is 1. The molecule has 0 aliphatic heterocycles. The maximum Gasteiger partial charge on any atom is 0.418 e. The topological polar surface area (TPSA) is 38.3 Å². The Morgan fingerprint density at radius 2 is 1.69 bits per heavy atom. The molecule has 0 aliphatic carbocycles. The molecule has 1 atom stereocenters. The van der Waals surface area contributed by atoms with E-state index in [9.17, 15) is 18.0 Å². The van der Waals surface area contributed by atoms with Crippen LogP contribution in [-0.4, -0.2) is 12.0 Å². The highest BCUT2D eigenvalue weighted by Gasteiger charge is 2.34. The Morgan fingerprint density at radius 3 is 2.23 bits per heavy atom. The van der Waals surface area contributed by atoms with Gasteiger partial charge in [-0.05, 0) is 62.2 Å². The molecule has 0 radical (unpaired) electrons. The lowest BCUT2D eigenvalue weighted by Gasteiger charge is -2.18. The third-order valence-corrected chi connectivity index (χ3v) is 4.47. The normalized spacial score (nSPS) is 12.6. The Morgan fingerprint density at radius 1 is 1.12 bits per heavy atom. The van der Waals surface area contributed by atoms with Crippen LogP contribution in [0.1, 0.15) is 23.6 Å². The average molecular weight is 406 g/mol. The van der Waals surface area contributed by atoms with Crippen molar-refractivity contribution in [3.63, 3.8) is 0 Å². The van der Waals surface area contributed by atoms with Gasteiger partial charge in [-0.15, -0.1) is 0 Å². The van der Waals surface area contributed by atoms with Gasteiger partial charge >= 0.3 is 6.18 Å². The lowest BCUT2D eigenvalue weighted by Crippen LogP contribution is -2.31. The monoisotopic (exact) mass is 405 g/mol. The zero-order valence-corrected chi connectivity index (χ0v) is 15.7. The molecule has 3 nitrogen and oxygen atoms in total. The van der Waals surface area contributed by atoms with E-state index in [1.165, 1.54) is 13.0 Å². The summed E-state index contributed by atoms with van der Waals surface area (Å²) in [6, 6.07) is 6.44. The van der Waals surface area contributed by atoms with E-state index in [2.05, 4.69) is 5.32 Å². The van der Waals surface area contributed by atoms with E-state index < -0.39 is 23.8 Å². The summed E-state index contributed by atoms with van der Waals surface area (Å²) in [5.41, 5.74) is 0.132. The SMILES string of the molecule is Cc1cc(O[C@@H](C)C(=O)Nc2ccc(Cl)cc2C(F)(F)F)cc(C)c1Cl. The number of carbonyl (C=O) groups is 1. The van der Waals surface area contributed by atoms with E-state index in [-0.39, 0.29) is 10.7 Å². The highest BCUT2D eigenvalue weighted by atomic mass is 35.5. The molecule has 2 rings (SSSR count). The number of hydrogen-bond acceptors (Lipinski definition) is 2. The maximum absolute atomic E-state index is 13.1. The molecule has 26 heavy (non-hydrogen) atoms. The number of rotatable bonds is 4. The number of nitrogens with one attached hydrogen (secondary N) is 1. The maximum atomic E-state index is 13.1. The molecular weight excluding hydrogens is 390 g/mol. The van der Waals surface area contributed by atoms with E-state index >= 15 is 0 Å². The van der Waals surface area contributed by atoms with Gasteiger partial charge in [0.1, 0.15) is 5.75 Å². The third-order valence-electron chi connectivity index (χ3n) is 3.64. The summed E-state index contributed by atoms with van der Waals surface area (Å²) in [6.45, 7) is 5.02. The molecule has 2 aromatic carbocycles. The van der Waals surface area contributed by atoms with Gasteiger partial charge in [-0.2, -0.15) is 13.2 Å². The minimum Gasteiger partial charge on any atom is -0.481 e. The summed E-state index contributed by atoms with van der Waals surface area (Å²) in [5, 5.41) is 2.75. The Hall–Kier alpha value is -1.92. The van der Waals surface area contributed by atoms with E-state index in [1.807, 2.05) is 0 Å². The summed E-state index contributed by atoms with van der Waals surface area (Å²) < 4.78 is 44.8. The van der Waals surface area contributed by atoms with Crippen LogP contribution in [0.25, 0.3) is 0 Å². The number of carbonyl (C=O) groups excluding carboxylic acids is 1. The predicted molar refractivity (Wildman–Crippen MR) is 96.1 cm³/mol. The first-order valence-electron chi connectivity index (χ1n) is 7.60. The van der Waals surface area contributed by atoms with Crippen LogP contribution in [0.15, 0.2) is 30.3 Å². The number of anilines is 1. The van der Waals surface area contributed by atoms with Crippen molar-refractivity contribution in [1.29, 1.82) is 0 Å². The molecule has 0 bridgehead atoms. The highest BCUT2D eigenvalue weighted by Crippen LogP contribution is 2.36. The van der Waals surface area contributed by atoms with E-state index in [4.69, 9.17) is 27.9 Å². The van der Waals surface area contributed by atoms with Gasteiger partial charge in [-0.1, -0.05) is 23.2 Å². The third kappa shape index (κ3) is 4.83. The van der Waals surface area contributed by atoms with Crippen LogP contribution in [0.5, 0.6) is 5.75 Å². The van der Waals surface area contributed by atoms with Crippen LogP contribution < -0.4 is 10.1 Å². The van der Waals surface area contributed by atoms with Crippen LogP contribution in [-0.2, 0) is 11.0 Å². The Labute approximate surface area is 159 Å². The van der Waals surface area contributed by atoms with E-state index in [1.54, 1.807) is 26.0 Å². The summed E-state index contributed by atoms with van der Waals surface area (Å²) in [5.74, 6) is -0.317. The van der Waals surface area contributed by atoms with Crippen LogP contribution in [0.2, 0.25) is 10.0 Å². The number of benzene rings is 2. The van der Waals surface area contributed by atoms with Crippen molar-refractivity contribution in [1.82, 2.24) is 0 Å². The second-order valence-electron chi connectivity index (χ2n) is 5.81. The van der Waals surface area contributed by atoms with E-state index in [0.29, 0.717) is 10.8 Å². The number of aryl methyl sites for hydroxylation is 2. The van der Waals surface area contributed by atoms with Crippen LogP contribution >= 0.6 is 23.2 Å². The highest BCUT2D eigenvalue weighted by molar-refractivity contribution is 6.32. The average Bonchev–Trinajstić information content (AvgIpc) is 2.53. The smallest absolute Gasteiger partial charge is 0.418 e. The molecule has 2 aromatic rings. The molecule has 0 heterocycles. The largest absolute Gasteiger partial charge is 0.481 e. The Bertz CT molecular complexity index is 815. The zero-order valence-electron chi connectivity index (χ0n) is 14.2. The lowest BCUT2D eigenvalue weighted by atomic mass is 10.1. The fraction of sp³-hybridized carbons (Fsp3) is 0.278. The van der Waals surface area contributed by atoms with Gasteiger partial charge in [-0.3, -0.25) is 4.79 Å². The van der Waals surface area contributed by atoms with Crippen molar-refractivity contribution in [2.24, 2.45) is 0 Å². The fourth-order valence-corrected chi connectivity index (χ4v) is 2.61. The first kappa shape index (κ1) is 20.4. The van der Waals surface area contributed by atoms with Gasteiger partial charge in [0.15, 0.2) is 6.10 Å². The Kier molecular flexibility index (Phi) is 6.09. The molecule has 8 heteroatoms. The van der Waals surface area contributed by atoms with Gasteiger partial charge < -0.3 is 10.1 Å². The molecule has 0 unspecified atom stereocenters. The molecule has 0 fully saturated rings. The standard InChI is InChI=1S/C18H16Cl2F3NO2/c1-9-6-13(7-10(2)16(9)20)26-11(3)17(25)24-15-5-4-12(19)8-14(15)18(21,22)23/h4-8,11H,1-3H3,(H,24,25)/t11-/m0/s1. The van der Waals surface area contributed by atoms with Crippen LogP contribution in [0.4, 0.5) is 18.9 Å². The molecule has 0 aliphatic rings. The van der Waals surface area contributed by atoms with Gasteiger partial charge in [0.25, 0.3) is 5.91 Å². The number of amides is 1. The molecule has 1 amide bonds. The van der Waals surface area contributed by atoms with E-state index in [0.717, 1.165) is 23.3 Å². The molecule has 0 saturated carbocycles. The first-order chi connectivity index (χ1) is 12.0. The van der Waals surface area contributed by atoms with Crippen molar-refractivity contribution in [2.45, 2.75) is 33.1 Å². The van der Waals surface area contributed by atoms with Crippen LogP contribution in [0, 0.1) is 13.8 Å². The second kappa shape index (κ2) is 7.76. The van der Waals surface area contributed by atoms with Crippen molar-refractivity contribution in [3.05, 3.63) is 57.1 Å².